The maximum Gasteiger partial charge on any atom is 0.338 e. The van der Waals surface area contributed by atoms with Gasteiger partial charge in [0, 0.05) is 19.6 Å². The quantitative estimate of drug-likeness (QED) is 0.658. The Bertz CT molecular complexity index is 803. The van der Waals surface area contributed by atoms with Gasteiger partial charge in [-0.15, -0.1) is 0 Å². The van der Waals surface area contributed by atoms with Crippen molar-refractivity contribution in [3.8, 4) is 0 Å². The van der Waals surface area contributed by atoms with Crippen molar-refractivity contribution in [2.45, 2.75) is 31.1 Å². The maximum atomic E-state index is 12.5. The fourth-order valence-electron chi connectivity index (χ4n) is 2.52. The Balaban J connectivity index is 1.95. The van der Waals surface area contributed by atoms with E-state index in [1.165, 1.54) is 28.6 Å². The van der Waals surface area contributed by atoms with Crippen molar-refractivity contribution in [3.63, 3.8) is 0 Å². The molecule has 27 heavy (non-hydrogen) atoms. The number of nitrogens with one attached hydrogen (secondary N) is 2. The highest BCUT2D eigenvalue weighted by molar-refractivity contribution is 7.89. The van der Waals surface area contributed by atoms with Gasteiger partial charge in [0.1, 0.15) is 0 Å². The lowest BCUT2D eigenvalue weighted by Crippen LogP contribution is -2.41. The van der Waals surface area contributed by atoms with Crippen LogP contribution in [0.2, 0.25) is 0 Å². The Morgan fingerprint density at radius 3 is 2.56 bits per heavy atom. The highest BCUT2D eigenvalue weighted by Gasteiger charge is 2.27. The molecule has 0 spiro atoms. The molecule has 1 aromatic rings. The standard InChI is InChI=1S/C17H23N3O6S/c1-2-8-18-17(23)19-15(21)12-26-16(22)13-6-5-7-14(11-13)27(24,25)20-9-3-4-10-20/h5-7,11H,2-4,8-10,12H2,1H3,(H2,18,19,21,23). The van der Waals surface area contributed by atoms with Gasteiger partial charge in [0.15, 0.2) is 6.61 Å². The molecule has 1 aromatic carbocycles. The third-order valence-corrected chi connectivity index (χ3v) is 5.79. The predicted octanol–water partition coefficient (Wildman–Crippen LogP) is 0.864. The SMILES string of the molecule is CCCNC(=O)NC(=O)COC(=O)c1cccc(S(=O)(=O)N2CCCC2)c1. The van der Waals surface area contributed by atoms with Crippen molar-refractivity contribution in [1.29, 1.82) is 0 Å². The van der Waals surface area contributed by atoms with Crippen LogP contribution in [-0.4, -0.2) is 56.9 Å². The second-order valence-corrected chi connectivity index (χ2v) is 7.96. The first-order valence-corrected chi connectivity index (χ1v) is 10.1. The van der Waals surface area contributed by atoms with E-state index in [2.05, 4.69) is 5.32 Å². The van der Waals surface area contributed by atoms with Crippen LogP contribution in [-0.2, 0) is 19.6 Å². The van der Waals surface area contributed by atoms with Crippen LogP contribution in [0.4, 0.5) is 4.79 Å². The van der Waals surface area contributed by atoms with Crippen LogP contribution in [0.5, 0.6) is 0 Å². The third kappa shape index (κ3) is 5.76. The molecular weight excluding hydrogens is 374 g/mol. The third-order valence-electron chi connectivity index (χ3n) is 3.90. The van der Waals surface area contributed by atoms with Gasteiger partial charge in [-0.25, -0.2) is 18.0 Å². The Labute approximate surface area is 158 Å². The summed E-state index contributed by atoms with van der Waals surface area (Å²) in [4.78, 5) is 35.1. The van der Waals surface area contributed by atoms with Gasteiger partial charge in [0.05, 0.1) is 10.5 Å². The highest BCUT2D eigenvalue weighted by atomic mass is 32.2. The fourth-order valence-corrected chi connectivity index (χ4v) is 4.08. The summed E-state index contributed by atoms with van der Waals surface area (Å²) >= 11 is 0. The second-order valence-electron chi connectivity index (χ2n) is 6.02. The number of hydrogen-bond donors (Lipinski definition) is 2. The van der Waals surface area contributed by atoms with Crippen molar-refractivity contribution in [2.24, 2.45) is 0 Å². The molecule has 148 valence electrons. The maximum absolute atomic E-state index is 12.5. The molecule has 1 saturated heterocycles. The van der Waals surface area contributed by atoms with E-state index < -0.39 is 34.5 Å². The number of nitrogens with zero attached hydrogens (tertiary/aromatic N) is 1. The Hall–Kier alpha value is -2.46. The zero-order valence-corrected chi connectivity index (χ0v) is 15.9. The van der Waals surface area contributed by atoms with Crippen molar-refractivity contribution >= 4 is 27.9 Å². The summed E-state index contributed by atoms with van der Waals surface area (Å²) in [5.41, 5.74) is 0.0125. The lowest BCUT2D eigenvalue weighted by Gasteiger charge is -2.15. The number of sulfonamides is 1. The zero-order chi connectivity index (χ0) is 19.9. The number of carbonyl (C=O) groups excluding carboxylic acids is 3. The van der Waals surface area contributed by atoms with Crippen molar-refractivity contribution < 1.29 is 27.5 Å². The van der Waals surface area contributed by atoms with Gasteiger partial charge in [-0.05, 0) is 37.5 Å². The molecule has 0 atom stereocenters. The van der Waals surface area contributed by atoms with Gasteiger partial charge in [-0.3, -0.25) is 10.1 Å². The topological polar surface area (TPSA) is 122 Å². The Morgan fingerprint density at radius 1 is 1.19 bits per heavy atom. The minimum absolute atomic E-state index is 0.00208. The first kappa shape index (κ1) is 20.8. The van der Waals surface area contributed by atoms with E-state index in [0.717, 1.165) is 12.8 Å². The molecule has 0 saturated carbocycles. The van der Waals surface area contributed by atoms with Crippen LogP contribution >= 0.6 is 0 Å². The molecule has 1 fully saturated rings. The zero-order valence-electron chi connectivity index (χ0n) is 15.1. The van der Waals surface area contributed by atoms with E-state index in [9.17, 15) is 22.8 Å². The molecule has 3 amide bonds. The molecule has 0 aromatic heterocycles. The van der Waals surface area contributed by atoms with Gasteiger partial charge in [-0.1, -0.05) is 13.0 Å². The summed E-state index contributed by atoms with van der Waals surface area (Å²) in [6.07, 6.45) is 2.33. The van der Waals surface area contributed by atoms with Crippen LogP contribution in [0.25, 0.3) is 0 Å². The number of rotatable bonds is 7. The summed E-state index contributed by atoms with van der Waals surface area (Å²) in [6.45, 7) is 2.54. The van der Waals surface area contributed by atoms with Crippen molar-refractivity contribution in [3.05, 3.63) is 29.8 Å². The summed E-state index contributed by atoms with van der Waals surface area (Å²) in [6, 6.07) is 4.81. The largest absolute Gasteiger partial charge is 0.452 e. The predicted molar refractivity (Wildman–Crippen MR) is 96.5 cm³/mol. The molecule has 2 N–H and O–H groups in total. The smallest absolute Gasteiger partial charge is 0.338 e. The molecule has 0 radical (unpaired) electrons. The number of esters is 1. The van der Waals surface area contributed by atoms with E-state index in [4.69, 9.17) is 4.74 Å². The minimum Gasteiger partial charge on any atom is -0.452 e. The number of imide groups is 1. The number of ether oxygens (including phenoxy) is 1. The highest BCUT2D eigenvalue weighted by Crippen LogP contribution is 2.21. The van der Waals surface area contributed by atoms with E-state index in [0.29, 0.717) is 26.1 Å². The number of amides is 3. The van der Waals surface area contributed by atoms with E-state index in [-0.39, 0.29) is 10.5 Å². The lowest BCUT2D eigenvalue weighted by atomic mass is 10.2. The molecule has 1 heterocycles. The summed E-state index contributed by atoms with van der Waals surface area (Å²) in [5, 5.41) is 4.48. The van der Waals surface area contributed by atoms with Crippen molar-refractivity contribution in [2.75, 3.05) is 26.2 Å². The fraction of sp³-hybridized carbons (Fsp3) is 0.471. The average Bonchev–Trinajstić information content (AvgIpc) is 3.20. The molecule has 0 aliphatic carbocycles. The summed E-state index contributed by atoms with van der Waals surface area (Å²) < 4.78 is 31.3. The van der Waals surface area contributed by atoms with E-state index in [1.807, 2.05) is 12.2 Å². The summed E-state index contributed by atoms with van der Waals surface area (Å²) in [5.74, 6) is -1.63. The van der Waals surface area contributed by atoms with Gasteiger partial charge in [-0.2, -0.15) is 4.31 Å². The number of benzene rings is 1. The lowest BCUT2D eigenvalue weighted by molar-refractivity contribution is -0.123. The van der Waals surface area contributed by atoms with Gasteiger partial charge in [0.25, 0.3) is 5.91 Å². The molecule has 1 aliphatic heterocycles. The van der Waals surface area contributed by atoms with Crippen LogP contribution in [0.1, 0.15) is 36.5 Å². The van der Waals surface area contributed by atoms with Gasteiger partial charge >= 0.3 is 12.0 Å². The minimum atomic E-state index is -3.66. The Kier molecular flexibility index (Phi) is 7.31. The summed E-state index contributed by atoms with van der Waals surface area (Å²) in [7, 11) is -3.66. The van der Waals surface area contributed by atoms with Gasteiger partial charge < -0.3 is 10.1 Å². The first-order valence-electron chi connectivity index (χ1n) is 8.69. The van der Waals surface area contributed by atoms with Crippen LogP contribution < -0.4 is 10.6 Å². The molecule has 9 nitrogen and oxygen atoms in total. The first-order chi connectivity index (χ1) is 12.8. The van der Waals surface area contributed by atoms with E-state index >= 15 is 0 Å². The monoisotopic (exact) mass is 397 g/mol. The molecule has 0 unspecified atom stereocenters. The molecular formula is C17H23N3O6S. The number of urea groups is 1. The molecule has 10 heteroatoms. The normalized spacial score (nSPS) is 14.6. The molecule has 0 bridgehead atoms. The number of hydrogen-bond acceptors (Lipinski definition) is 6. The van der Waals surface area contributed by atoms with Crippen molar-refractivity contribution in [1.82, 2.24) is 14.9 Å². The van der Waals surface area contributed by atoms with Crippen LogP contribution in [0.15, 0.2) is 29.2 Å². The van der Waals surface area contributed by atoms with Gasteiger partial charge in [0.2, 0.25) is 10.0 Å². The molecule has 2 rings (SSSR count). The van der Waals surface area contributed by atoms with E-state index in [1.54, 1.807) is 0 Å². The molecule has 1 aliphatic rings. The average molecular weight is 397 g/mol. The Morgan fingerprint density at radius 2 is 1.89 bits per heavy atom. The van der Waals surface area contributed by atoms with Crippen LogP contribution in [0, 0.1) is 0 Å². The second kappa shape index (κ2) is 9.47. The van der Waals surface area contributed by atoms with Crippen LogP contribution in [0.3, 0.4) is 0 Å². The number of carbonyl (C=O) groups is 3.